The zero-order chi connectivity index (χ0) is 7.98. The summed E-state index contributed by atoms with van der Waals surface area (Å²) >= 11 is 0. The maximum Gasteiger partial charge on any atom is 0.230 e. The van der Waals surface area contributed by atoms with E-state index in [1.807, 2.05) is 6.92 Å². The second-order valence-electron chi connectivity index (χ2n) is 1.57. The molecule has 0 amide bonds. The van der Waals surface area contributed by atoms with Crippen LogP contribution in [0.4, 0.5) is 0 Å². The van der Waals surface area contributed by atoms with Gasteiger partial charge in [0, 0.05) is 20.3 Å². The minimum atomic E-state index is 0.319. The van der Waals surface area contributed by atoms with Crippen LogP contribution < -0.4 is 11.2 Å². The molecule has 0 aromatic rings. The quantitative estimate of drug-likeness (QED) is 0.314. The van der Waals surface area contributed by atoms with Crippen molar-refractivity contribution in [1.29, 1.82) is 0 Å². The van der Waals surface area contributed by atoms with Crippen LogP contribution in [0.25, 0.3) is 0 Å². The number of nitrogens with one attached hydrogen (secondary N) is 1. The van der Waals surface area contributed by atoms with Gasteiger partial charge in [-0.05, 0) is 6.92 Å². The molecule has 0 aliphatic rings. The van der Waals surface area contributed by atoms with E-state index in [0.29, 0.717) is 5.96 Å². The first-order valence-corrected chi connectivity index (χ1v) is 3.00. The molecular formula is C5H13N5. The van der Waals surface area contributed by atoms with E-state index in [0.717, 1.165) is 6.54 Å². The molecular weight excluding hydrogens is 130 g/mol. The average molecular weight is 143 g/mol. The number of hydrazine groups is 1. The van der Waals surface area contributed by atoms with Gasteiger partial charge in [-0.25, -0.2) is 5.43 Å². The molecule has 0 aromatic heterocycles. The number of nitrogens with two attached hydrogens (primary N) is 1. The number of hydrogen-bond acceptors (Lipinski definition) is 3. The van der Waals surface area contributed by atoms with Crippen LogP contribution in [0.3, 0.4) is 0 Å². The molecule has 0 aliphatic carbocycles. The van der Waals surface area contributed by atoms with Crippen LogP contribution in [0.15, 0.2) is 10.2 Å². The largest absolute Gasteiger partial charge is 0.367 e. The fourth-order valence-corrected chi connectivity index (χ4v) is 0.561. The summed E-state index contributed by atoms with van der Waals surface area (Å²) in [5, 5.41) is 8.47. The number of rotatable bonds is 3. The Bertz CT molecular complexity index is 126. The minimum Gasteiger partial charge on any atom is -0.367 e. The summed E-state index contributed by atoms with van der Waals surface area (Å²) in [6.45, 7) is 5.86. The highest BCUT2D eigenvalue weighted by molar-refractivity contribution is 5.77. The fraction of sp³-hybridized carbons (Fsp3) is 0.600. The molecule has 5 nitrogen and oxygen atoms in total. The maximum absolute atomic E-state index is 5.43. The predicted octanol–water partition coefficient (Wildman–Crippen LogP) is -0.627. The Labute approximate surface area is 60.6 Å². The summed E-state index contributed by atoms with van der Waals surface area (Å²) in [6, 6.07) is 0. The molecule has 5 heteroatoms. The van der Waals surface area contributed by atoms with Crippen LogP contribution in [0.5, 0.6) is 0 Å². The van der Waals surface area contributed by atoms with Crippen molar-refractivity contribution in [3.05, 3.63) is 0 Å². The summed E-state index contributed by atoms with van der Waals surface area (Å²) in [4.78, 5) is 0. The third-order valence-corrected chi connectivity index (χ3v) is 1.04. The smallest absolute Gasteiger partial charge is 0.230 e. The molecule has 0 bridgehead atoms. The van der Waals surface area contributed by atoms with Gasteiger partial charge in [-0.2, -0.15) is 5.10 Å². The van der Waals surface area contributed by atoms with Gasteiger partial charge in [-0.15, -0.1) is 5.10 Å². The standard InChI is InChI=1S/C5H13N5/c1-4-10(8-3)5(6)9-7-2/h8H,2,4H2,1,3H3,(H2,6,9). The molecule has 0 aromatic carbocycles. The van der Waals surface area contributed by atoms with Crippen molar-refractivity contribution >= 4 is 12.7 Å². The lowest BCUT2D eigenvalue weighted by Crippen LogP contribution is -2.44. The first-order valence-electron chi connectivity index (χ1n) is 3.00. The highest BCUT2D eigenvalue weighted by Gasteiger charge is 1.99. The van der Waals surface area contributed by atoms with Crippen molar-refractivity contribution in [3.8, 4) is 0 Å². The summed E-state index contributed by atoms with van der Waals surface area (Å²) in [6.07, 6.45) is 0. The van der Waals surface area contributed by atoms with Crippen LogP contribution in [0.1, 0.15) is 6.92 Å². The summed E-state index contributed by atoms with van der Waals surface area (Å²) in [5.74, 6) is 0.319. The van der Waals surface area contributed by atoms with Gasteiger partial charge in [0.25, 0.3) is 0 Å². The molecule has 0 aliphatic heterocycles. The van der Waals surface area contributed by atoms with E-state index >= 15 is 0 Å². The maximum atomic E-state index is 5.43. The summed E-state index contributed by atoms with van der Waals surface area (Å²) < 4.78 is 0. The van der Waals surface area contributed by atoms with Crippen LogP contribution >= 0.6 is 0 Å². The van der Waals surface area contributed by atoms with E-state index in [4.69, 9.17) is 5.73 Å². The number of guanidine groups is 1. The van der Waals surface area contributed by atoms with Gasteiger partial charge in [-0.3, -0.25) is 5.01 Å². The molecule has 0 unspecified atom stereocenters. The molecule has 0 fully saturated rings. The van der Waals surface area contributed by atoms with Gasteiger partial charge < -0.3 is 5.73 Å². The van der Waals surface area contributed by atoms with Crippen LogP contribution in [0, 0.1) is 0 Å². The van der Waals surface area contributed by atoms with Gasteiger partial charge >= 0.3 is 0 Å². The monoisotopic (exact) mass is 143 g/mol. The average Bonchev–Trinajstić information content (AvgIpc) is 1.91. The Morgan fingerprint density at radius 2 is 2.40 bits per heavy atom. The van der Waals surface area contributed by atoms with E-state index in [1.165, 1.54) is 0 Å². The van der Waals surface area contributed by atoms with Gasteiger partial charge in [0.15, 0.2) is 0 Å². The molecule has 0 saturated heterocycles. The minimum absolute atomic E-state index is 0.319. The van der Waals surface area contributed by atoms with Gasteiger partial charge in [0.1, 0.15) is 0 Å². The van der Waals surface area contributed by atoms with Crippen molar-refractivity contribution in [1.82, 2.24) is 10.4 Å². The van der Waals surface area contributed by atoms with Crippen molar-refractivity contribution < 1.29 is 0 Å². The number of nitrogens with zero attached hydrogens (tertiary/aromatic N) is 3. The van der Waals surface area contributed by atoms with Gasteiger partial charge in [-0.1, -0.05) is 0 Å². The lowest BCUT2D eigenvalue weighted by atomic mass is 10.7. The third kappa shape index (κ3) is 2.45. The second kappa shape index (κ2) is 4.75. The predicted molar refractivity (Wildman–Crippen MR) is 42.6 cm³/mol. The van der Waals surface area contributed by atoms with Crippen LogP contribution in [-0.4, -0.2) is 31.3 Å². The first-order chi connectivity index (χ1) is 4.76. The molecule has 3 N–H and O–H groups in total. The molecule has 0 radical (unpaired) electrons. The Morgan fingerprint density at radius 3 is 2.70 bits per heavy atom. The topological polar surface area (TPSA) is 66.0 Å². The van der Waals surface area contributed by atoms with Crippen molar-refractivity contribution in [2.75, 3.05) is 13.6 Å². The second-order valence-corrected chi connectivity index (χ2v) is 1.57. The molecule has 0 rings (SSSR count). The van der Waals surface area contributed by atoms with Crippen LogP contribution in [0.2, 0.25) is 0 Å². The molecule has 10 heavy (non-hydrogen) atoms. The zero-order valence-corrected chi connectivity index (χ0v) is 6.33. The van der Waals surface area contributed by atoms with E-state index in [9.17, 15) is 0 Å². The zero-order valence-electron chi connectivity index (χ0n) is 6.33. The van der Waals surface area contributed by atoms with Gasteiger partial charge in [0.05, 0.1) is 0 Å². The number of hydrogen-bond donors (Lipinski definition) is 2. The normalized spacial score (nSPS) is 11.2. The van der Waals surface area contributed by atoms with Crippen molar-refractivity contribution in [3.63, 3.8) is 0 Å². The molecule has 58 valence electrons. The Kier molecular flexibility index (Phi) is 4.23. The lowest BCUT2D eigenvalue weighted by Gasteiger charge is -2.18. The highest BCUT2D eigenvalue weighted by Crippen LogP contribution is 1.79. The molecule has 0 saturated carbocycles. The van der Waals surface area contributed by atoms with E-state index in [1.54, 1.807) is 12.1 Å². The summed E-state index contributed by atoms with van der Waals surface area (Å²) in [7, 11) is 1.76. The van der Waals surface area contributed by atoms with Gasteiger partial charge in [0.2, 0.25) is 5.96 Å². The van der Waals surface area contributed by atoms with E-state index in [-0.39, 0.29) is 0 Å². The molecule has 0 atom stereocenters. The lowest BCUT2D eigenvalue weighted by molar-refractivity contribution is 0.351. The Balaban J connectivity index is 3.99. The van der Waals surface area contributed by atoms with Crippen molar-refractivity contribution in [2.24, 2.45) is 15.9 Å². The SMILES string of the molecule is C=N/N=C(/N)N(CC)NC. The van der Waals surface area contributed by atoms with Crippen LogP contribution in [-0.2, 0) is 0 Å². The van der Waals surface area contributed by atoms with E-state index in [2.05, 4.69) is 22.3 Å². The third-order valence-electron chi connectivity index (χ3n) is 1.04. The first kappa shape index (κ1) is 8.90. The highest BCUT2D eigenvalue weighted by atomic mass is 15.6. The Morgan fingerprint density at radius 1 is 1.80 bits per heavy atom. The fourth-order valence-electron chi connectivity index (χ4n) is 0.561. The molecule has 0 spiro atoms. The van der Waals surface area contributed by atoms with Crippen molar-refractivity contribution in [2.45, 2.75) is 6.92 Å². The Hall–Kier alpha value is -1.10. The molecule has 0 heterocycles. The van der Waals surface area contributed by atoms with E-state index < -0.39 is 0 Å². The summed E-state index contributed by atoms with van der Waals surface area (Å²) in [5.41, 5.74) is 8.26.